The summed E-state index contributed by atoms with van der Waals surface area (Å²) in [5.74, 6) is 1.51. The number of primary sulfonamides is 1. The molecule has 0 amide bonds. The molecule has 0 fully saturated rings. The van der Waals surface area contributed by atoms with Gasteiger partial charge in [0.15, 0.2) is 11.7 Å². The second-order valence-electron chi connectivity index (χ2n) is 5.18. The Balaban J connectivity index is 2.21. The van der Waals surface area contributed by atoms with Crippen LogP contribution in [0.3, 0.4) is 0 Å². The molecule has 0 radical (unpaired) electrons. The number of rotatable bonds is 4. The Morgan fingerprint density at radius 1 is 1.08 bits per heavy atom. The van der Waals surface area contributed by atoms with E-state index in [1.807, 2.05) is 12.1 Å². The number of ether oxygens (including phenoxy) is 1. The van der Waals surface area contributed by atoms with Crippen LogP contribution in [0.2, 0.25) is 0 Å². The third kappa shape index (κ3) is 3.04. The lowest BCUT2D eigenvalue weighted by atomic mass is 10.1. The molecule has 0 saturated carbocycles. The SMILES string of the molecule is COc1ccc(-c2nc(C)oc2-c2ccccc2S(N)(=O)=O)cc1. The number of hydrogen-bond acceptors (Lipinski definition) is 5. The van der Waals surface area contributed by atoms with E-state index in [1.165, 1.54) is 6.07 Å². The second-order valence-corrected chi connectivity index (χ2v) is 6.71. The van der Waals surface area contributed by atoms with Crippen LogP contribution in [0.25, 0.3) is 22.6 Å². The van der Waals surface area contributed by atoms with Gasteiger partial charge in [-0.05, 0) is 36.4 Å². The minimum absolute atomic E-state index is 0.00379. The van der Waals surface area contributed by atoms with Crippen molar-refractivity contribution in [3.63, 3.8) is 0 Å². The van der Waals surface area contributed by atoms with E-state index in [2.05, 4.69) is 4.98 Å². The highest BCUT2D eigenvalue weighted by Crippen LogP contribution is 2.36. The molecule has 1 aromatic heterocycles. The van der Waals surface area contributed by atoms with Gasteiger partial charge in [0.1, 0.15) is 11.4 Å². The van der Waals surface area contributed by atoms with Gasteiger partial charge in [0.25, 0.3) is 0 Å². The molecule has 124 valence electrons. The van der Waals surface area contributed by atoms with E-state index >= 15 is 0 Å². The Bertz CT molecular complexity index is 976. The average Bonchev–Trinajstić information content (AvgIpc) is 2.96. The molecular weight excluding hydrogens is 328 g/mol. The average molecular weight is 344 g/mol. The van der Waals surface area contributed by atoms with Crippen molar-refractivity contribution < 1.29 is 17.6 Å². The van der Waals surface area contributed by atoms with Crippen LogP contribution in [0.4, 0.5) is 0 Å². The number of sulfonamides is 1. The first kappa shape index (κ1) is 16.2. The van der Waals surface area contributed by atoms with Crippen molar-refractivity contribution in [2.24, 2.45) is 5.14 Å². The fourth-order valence-corrected chi connectivity index (χ4v) is 3.19. The lowest BCUT2D eigenvalue weighted by Gasteiger charge is -2.07. The van der Waals surface area contributed by atoms with Crippen molar-refractivity contribution in [3.05, 3.63) is 54.4 Å². The fourth-order valence-electron chi connectivity index (χ4n) is 2.46. The van der Waals surface area contributed by atoms with Gasteiger partial charge in [-0.15, -0.1) is 0 Å². The molecule has 0 saturated heterocycles. The molecule has 3 rings (SSSR count). The van der Waals surface area contributed by atoms with Crippen molar-refractivity contribution in [1.82, 2.24) is 4.98 Å². The van der Waals surface area contributed by atoms with Crippen LogP contribution < -0.4 is 9.88 Å². The summed E-state index contributed by atoms with van der Waals surface area (Å²) in [6.45, 7) is 1.70. The number of hydrogen-bond donors (Lipinski definition) is 1. The van der Waals surface area contributed by atoms with Crippen LogP contribution in [0.5, 0.6) is 5.75 Å². The number of aryl methyl sites for hydroxylation is 1. The number of benzene rings is 2. The van der Waals surface area contributed by atoms with Gasteiger partial charge in [0.2, 0.25) is 10.0 Å². The smallest absolute Gasteiger partial charge is 0.238 e. The molecule has 0 unspecified atom stereocenters. The Labute approximate surface area is 140 Å². The van der Waals surface area contributed by atoms with Gasteiger partial charge in [-0.25, -0.2) is 18.5 Å². The van der Waals surface area contributed by atoms with Crippen molar-refractivity contribution in [2.75, 3.05) is 7.11 Å². The van der Waals surface area contributed by atoms with Gasteiger partial charge in [0, 0.05) is 18.1 Å². The molecular formula is C17H16N2O4S. The fraction of sp³-hybridized carbons (Fsp3) is 0.118. The number of aromatic nitrogens is 1. The quantitative estimate of drug-likeness (QED) is 0.785. The van der Waals surface area contributed by atoms with Crippen LogP contribution >= 0.6 is 0 Å². The van der Waals surface area contributed by atoms with E-state index in [1.54, 1.807) is 44.4 Å². The highest BCUT2D eigenvalue weighted by Gasteiger charge is 2.22. The van der Waals surface area contributed by atoms with Crippen molar-refractivity contribution in [1.29, 1.82) is 0 Å². The van der Waals surface area contributed by atoms with E-state index in [9.17, 15) is 8.42 Å². The van der Waals surface area contributed by atoms with E-state index in [-0.39, 0.29) is 4.90 Å². The zero-order chi connectivity index (χ0) is 17.3. The summed E-state index contributed by atoms with van der Waals surface area (Å²) < 4.78 is 34.6. The summed E-state index contributed by atoms with van der Waals surface area (Å²) in [5.41, 5.74) is 1.71. The number of oxazole rings is 1. The first-order chi connectivity index (χ1) is 11.4. The summed E-state index contributed by atoms with van der Waals surface area (Å²) in [6, 6.07) is 13.7. The molecule has 7 heteroatoms. The Hall–Kier alpha value is -2.64. The highest BCUT2D eigenvalue weighted by atomic mass is 32.2. The standard InChI is InChI=1S/C17H16N2O4S/c1-11-19-16(12-7-9-13(22-2)10-8-12)17(23-11)14-5-3-4-6-15(14)24(18,20)21/h3-10H,1-2H3,(H2,18,20,21). The largest absolute Gasteiger partial charge is 0.497 e. The van der Waals surface area contributed by atoms with Crippen molar-refractivity contribution in [2.45, 2.75) is 11.8 Å². The molecule has 3 aromatic rings. The molecule has 6 nitrogen and oxygen atoms in total. The van der Waals surface area contributed by atoms with Gasteiger partial charge < -0.3 is 9.15 Å². The summed E-state index contributed by atoms with van der Waals surface area (Å²) >= 11 is 0. The van der Waals surface area contributed by atoms with Gasteiger partial charge in [-0.2, -0.15) is 0 Å². The second kappa shape index (κ2) is 6.10. The van der Waals surface area contributed by atoms with Crippen molar-refractivity contribution >= 4 is 10.0 Å². The minimum atomic E-state index is -3.89. The predicted molar refractivity (Wildman–Crippen MR) is 90.0 cm³/mol. The maximum Gasteiger partial charge on any atom is 0.238 e. The lowest BCUT2D eigenvalue weighted by molar-refractivity contribution is 0.415. The third-order valence-corrected chi connectivity index (χ3v) is 4.50. The van der Waals surface area contributed by atoms with E-state index in [0.717, 1.165) is 5.56 Å². The van der Waals surface area contributed by atoms with Crippen LogP contribution in [0.1, 0.15) is 5.89 Å². The Kier molecular flexibility index (Phi) is 4.13. The van der Waals surface area contributed by atoms with Crippen LogP contribution in [-0.4, -0.2) is 20.5 Å². The summed E-state index contributed by atoms with van der Waals surface area (Å²) in [7, 11) is -2.30. The molecule has 2 aromatic carbocycles. The zero-order valence-electron chi connectivity index (χ0n) is 13.2. The normalized spacial score (nSPS) is 11.5. The van der Waals surface area contributed by atoms with Gasteiger partial charge >= 0.3 is 0 Å². The molecule has 0 bridgehead atoms. The first-order valence-electron chi connectivity index (χ1n) is 7.14. The van der Waals surface area contributed by atoms with E-state index < -0.39 is 10.0 Å². The molecule has 0 aliphatic carbocycles. The lowest BCUT2D eigenvalue weighted by Crippen LogP contribution is -2.13. The summed E-state index contributed by atoms with van der Waals surface area (Å²) in [6.07, 6.45) is 0. The topological polar surface area (TPSA) is 95.4 Å². The van der Waals surface area contributed by atoms with Crippen LogP contribution in [0.15, 0.2) is 57.8 Å². The van der Waals surface area contributed by atoms with Gasteiger partial charge in [-0.1, -0.05) is 12.1 Å². The molecule has 0 atom stereocenters. The van der Waals surface area contributed by atoms with Crippen LogP contribution in [0, 0.1) is 6.92 Å². The van der Waals surface area contributed by atoms with Crippen molar-refractivity contribution in [3.8, 4) is 28.3 Å². The highest BCUT2D eigenvalue weighted by molar-refractivity contribution is 7.89. The predicted octanol–water partition coefficient (Wildman–Crippen LogP) is 2.97. The third-order valence-electron chi connectivity index (χ3n) is 3.54. The van der Waals surface area contributed by atoms with Gasteiger partial charge in [0.05, 0.1) is 12.0 Å². The van der Waals surface area contributed by atoms with E-state index in [4.69, 9.17) is 14.3 Å². The maximum absolute atomic E-state index is 11.9. The number of nitrogens with two attached hydrogens (primary N) is 1. The van der Waals surface area contributed by atoms with Crippen LogP contribution in [-0.2, 0) is 10.0 Å². The molecule has 0 aliphatic rings. The molecule has 0 spiro atoms. The van der Waals surface area contributed by atoms with Gasteiger partial charge in [-0.3, -0.25) is 0 Å². The minimum Gasteiger partial charge on any atom is -0.497 e. The van der Waals surface area contributed by atoms with E-state index in [0.29, 0.717) is 28.7 Å². The first-order valence-corrected chi connectivity index (χ1v) is 8.69. The Morgan fingerprint density at radius 2 is 1.75 bits per heavy atom. The number of nitrogens with zero attached hydrogens (tertiary/aromatic N) is 1. The summed E-state index contributed by atoms with van der Waals surface area (Å²) in [4.78, 5) is 4.39. The molecule has 0 aliphatic heterocycles. The maximum atomic E-state index is 11.9. The molecule has 1 heterocycles. The number of methoxy groups -OCH3 is 1. The summed E-state index contributed by atoms with van der Waals surface area (Å²) in [5, 5.41) is 5.32. The monoisotopic (exact) mass is 344 g/mol. The molecule has 24 heavy (non-hydrogen) atoms. The Morgan fingerprint density at radius 3 is 2.38 bits per heavy atom. The zero-order valence-corrected chi connectivity index (χ0v) is 14.0. The molecule has 2 N–H and O–H groups in total.